The Hall–Kier alpha value is -3.44. The summed E-state index contributed by atoms with van der Waals surface area (Å²) >= 11 is 1.60. The number of rotatable bonds is 7. The first kappa shape index (κ1) is 19.3. The van der Waals surface area contributed by atoms with Gasteiger partial charge < -0.3 is 9.84 Å². The molecule has 0 bridgehead atoms. The summed E-state index contributed by atoms with van der Waals surface area (Å²) in [4.78, 5) is 17.0. The highest BCUT2D eigenvalue weighted by molar-refractivity contribution is 7.13. The quantitative estimate of drug-likeness (QED) is 0.324. The highest BCUT2D eigenvalue weighted by atomic mass is 32.1. The van der Waals surface area contributed by atoms with Gasteiger partial charge in [-0.3, -0.25) is 0 Å². The van der Waals surface area contributed by atoms with Gasteiger partial charge in [-0.1, -0.05) is 72.8 Å². The highest BCUT2D eigenvalue weighted by Gasteiger charge is 2.13. The van der Waals surface area contributed by atoms with E-state index in [1.165, 1.54) is 13.4 Å². The summed E-state index contributed by atoms with van der Waals surface area (Å²) in [6.07, 6.45) is 8.83. The standard InChI is InChI=1S/C23H19NO3S/c1-27-15-20(23(25)26)19-13-7-5-9-17(19)10-6-8-14-21-22(28-16-24-21)18-11-3-2-4-12-18/h2-16H,1H3,(H,25,26)/b10-6+,14-8+,20-15+. The molecule has 4 nitrogen and oxygen atoms in total. The normalized spacial score (nSPS) is 12.0. The maximum atomic E-state index is 11.5. The number of carboxylic acids is 1. The number of methoxy groups -OCH3 is 1. The molecule has 0 amide bonds. The number of allylic oxidation sites excluding steroid dienone is 2. The molecule has 0 aliphatic rings. The van der Waals surface area contributed by atoms with Gasteiger partial charge in [0.15, 0.2) is 0 Å². The Morgan fingerprint density at radius 1 is 1.04 bits per heavy atom. The molecule has 140 valence electrons. The Morgan fingerprint density at radius 2 is 1.75 bits per heavy atom. The summed E-state index contributed by atoms with van der Waals surface area (Å²) < 4.78 is 4.92. The van der Waals surface area contributed by atoms with E-state index in [0.717, 1.165) is 21.7 Å². The van der Waals surface area contributed by atoms with E-state index in [2.05, 4.69) is 17.1 Å². The van der Waals surface area contributed by atoms with Crippen LogP contribution in [0.1, 0.15) is 16.8 Å². The number of hydrogen-bond donors (Lipinski definition) is 1. The van der Waals surface area contributed by atoms with E-state index >= 15 is 0 Å². The SMILES string of the molecule is CO/C=C(/C(=O)O)c1ccccc1/C=C/C=C/c1ncsc1-c1ccccc1. The van der Waals surface area contributed by atoms with E-state index in [4.69, 9.17) is 4.74 Å². The summed E-state index contributed by atoms with van der Waals surface area (Å²) in [5.41, 5.74) is 5.36. The van der Waals surface area contributed by atoms with E-state index < -0.39 is 5.97 Å². The van der Waals surface area contributed by atoms with Crippen molar-refractivity contribution >= 4 is 35.0 Å². The van der Waals surface area contributed by atoms with Crippen molar-refractivity contribution < 1.29 is 14.6 Å². The number of ether oxygens (including phenoxy) is 1. The Kier molecular flexibility index (Phi) is 6.54. The minimum atomic E-state index is -1.03. The lowest BCUT2D eigenvalue weighted by atomic mass is 10.00. The lowest BCUT2D eigenvalue weighted by Gasteiger charge is -2.06. The first-order valence-corrected chi connectivity index (χ1v) is 9.48. The lowest BCUT2D eigenvalue weighted by Crippen LogP contribution is -2.02. The largest absolute Gasteiger partial charge is 0.503 e. The summed E-state index contributed by atoms with van der Waals surface area (Å²) in [5.74, 6) is -1.03. The molecular weight excluding hydrogens is 370 g/mol. The molecule has 0 radical (unpaired) electrons. The number of carbonyl (C=O) groups is 1. The first-order valence-electron chi connectivity index (χ1n) is 8.60. The Labute approximate surface area is 167 Å². The number of nitrogens with zero attached hydrogens (tertiary/aromatic N) is 1. The van der Waals surface area contributed by atoms with Crippen LogP contribution in [0.5, 0.6) is 0 Å². The second kappa shape index (κ2) is 9.48. The third-order valence-electron chi connectivity index (χ3n) is 3.99. The molecule has 2 aromatic carbocycles. The summed E-state index contributed by atoms with van der Waals surface area (Å²) in [7, 11) is 1.43. The zero-order valence-electron chi connectivity index (χ0n) is 15.3. The van der Waals surface area contributed by atoms with Gasteiger partial charge in [-0.2, -0.15) is 0 Å². The summed E-state index contributed by atoms with van der Waals surface area (Å²) in [6.45, 7) is 0. The van der Waals surface area contributed by atoms with Crippen LogP contribution in [0.2, 0.25) is 0 Å². The van der Waals surface area contributed by atoms with Crippen molar-refractivity contribution in [1.82, 2.24) is 4.98 Å². The van der Waals surface area contributed by atoms with Gasteiger partial charge in [0.05, 0.1) is 29.5 Å². The van der Waals surface area contributed by atoms with E-state index in [1.54, 1.807) is 23.5 Å². The third-order valence-corrected chi connectivity index (χ3v) is 4.88. The van der Waals surface area contributed by atoms with E-state index in [9.17, 15) is 9.90 Å². The van der Waals surface area contributed by atoms with Crippen molar-refractivity contribution in [3.05, 3.63) is 95.3 Å². The second-order valence-electron chi connectivity index (χ2n) is 5.81. The molecule has 0 fully saturated rings. The molecule has 5 heteroatoms. The fourth-order valence-electron chi connectivity index (χ4n) is 2.72. The second-order valence-corrected chi connectivity index (χ2v) is 6.67. The van der Waals surface area contributed by atoms with Crippen molar-refractivity contribution in [2.24, 2.45) is 0 Å². The van der Waals surface area contributed by atoms with E-state index in [1.807, 2.05) is 60.1 Å². The topological polar surface area (TPSA) is 59.4 Å². The molecule has 0 saturated heterocycles. The van der Waals surface area contributed by atoms with E-state index in [0.29, 0.717) is 5.56 Å². The van der Waals surface area contributed by atoms with Crippen LogP contribution < -0.4 is 0 Å². The van der Waals surface area contributed by atoms with Gasteiger partial charge >= 0.3 is 5.97 Å². The zero-order chi connectivity index (χ0) is 19.8. The predicted octanol–water partition coefficient (Wildman–Crippen LogP) is 5.61. The van der Waals surface area contributed by atoms with Crippen molar-refractivity contribution in [3.63, 3.8) is 0 Å². The third kappa shape index (κ3) is 4.64. The molecule has 1 heterocycles. The average Bonchev–Trinajstić information content (AvgIpc) is 3.19. The van der Waals surface area contributed by atoms with Crippen LogP contribution in [0.25, 0.3) is 28.2 Å². The maximum Gasteiger partial charge on any atom is 0.339 e. The van der Waals surface area contributed by atoms with Crippen molar-refractivity contribution in [3.8, 4) is 10.4 Å². The highest BCUT2D eigenvalue weighted by Crippen LogP contribution is 2.28. The Balaban J connectivity index is 1.83. The maximum absolute atomic E-state index is 11.5. The Morgan fingerprint density at radius 3 is 2.50 bits per heavy atom. The minimum absolute atomic E-state index is 0.109. The average molecular weight is 389 g/mol. The molecule has 0 aliphatic carbocycles. The molecule has 3 rings (SSSR count). The van der Waals surface area contributed by atoms with Gasteiger partial charge in [0.2, 0.25) is 0 Å². The molecule has 1 aromatic heterocycles. The predicted molar refractivity (Wildman–Crippen MR) is 115 cm³/mol. The van der Waals surface area contributed by atoms with Gasteiger partial charge in [-0.15, -0.1) is 11.3 Å². The molecule has 0 unspecified atom stereocenters. The van der Waals surface area contributed by atoms with Crippen molar-refractivity contribution in [2.45, 2.75) is 0 Å². The number of carboxylic acid groups (broad SMARTS) is 1. The number of aliphatic carboxylic acids is 1. The molecule has 0 aliphatic heterocycles. The van der Waals surface area contributed by atoms with Gasteiger partial charge in [0.25, 0.3) is 0 Å². The van der Waals surface area contributed by atoms with Crippen LogP contribution in [-0.2, 0) is 9.53 Å². The number of benzene rings is 2. The van der Waals surface area contributed by atoms with Gasteiger partial charge in [-0.05, 0) is 22.8 Å². The summed E-state index contributed by atoms with van der Waals surface area (Å²) in [5, 5.41) is 9.42. The monoisotopic (exact) mass is 389 g/mol. The molecule has 0 spiro atoms. The smallest absolute Gasteiger partial charge is 0.339 e. The minimum Gasteiger partial charge on any atom is -0.503 e. The molecule has 3 aromatic rings. The number of aromatic nitrogens is 1. The van der Waals surface area contributed by atoms with Crippen LogP contribution in [0, 0.1) is 0 Å². The lowest BCUT2D eigenvalue weighted by molar-refractivity contribution is -0.130. The van der Waals surface area contributed by atoms with Crippen LogP contribution in [0.3, 0.4) is 0 Å². The van der Waals surface area contributed by atoms with Crippen LogP contribution >= 0.6 is 11.3 Å². The van der Waals surface area contributed by atoms with Crippen molar-refractivity contribution in [1.29, 1.82) is 0 Å². The molecule has 0 atom stereocenters. The fraction of sp³-hybridized carbons (Fsp3) is 0.0435. The molecule has 1 N–H and O–H groups in total. The van der Waals surface area contributed by atoms with Gasteiger partial charge in [0.1, 0.15) is 5.57 Å². The molecule has 0 saturated carbocycles. The fourth-order valence-corrected chi connectivity index (χ4v) is 3.50. The number of thiazole rings is 1. The number of hydrogen-bond acceptors (Lipinski definition) is 4. The first-order chi connectivity index (χ1) is 13.7. The van der Waals surface area contributed by atoms with Gasteiger partial charge in [-0.25, -0.2) is 9.78 Å². The van der Waals surface area contributed by atoms with Crippen LogP contribution in [0.15, 0.2) is 78.5 Å². The van der Waals surface area contributed by atoms with Crippen LogP contribution in [-0.4, -0.2) is 23.2 Å². The van der Waals surface area contributed by atoms with E-state index in [-0.39, 0.29) is 5.57 Å². The Bertz CT molecular complexity index is 1030. The summed E-state index contributed by atoms with van der Waals surface area (Å²) in [6, 6.07) is 17.4. The van der Waals surface area contributed by atoms with Crippen LogP contribution in [0.4, 0.5) is 0 Å². The van der Waals surface area contributed by atoms with Crippen molar-refractivity contribution in [2.75, 3.05) is 7.11 Å². The van der Waals surface area contributed by atoms with Gasteiger partial charge in [0, 0.05) is 0 Å². The molecular formula is C23H19NO3S. The molecule has 28 heavy (non-hydrogen) atoms. The zero-order valence-corrected chi connectivity index (χ0v) is 16.1.